The molecule has 1 heterocycles. The van der Waals surface area contributed by atoms with Crippen LogP contribution in [0.5, 0.6) is 5.75 Å². The fourth-order valence-electron chi connectivity index (χ4n) is 2.26. The van der Waals surface area contributed by atoms with Crippen LogP contribution in [0.25, 0.3) is 0 Å². The molecule has 2 N–H and O–H groups in total. The Bertz CT molecular complexity index is 439. The van der Waals surface area contributed by atoms with Gasteiger partial charge >= 0.3 is 0 Å². The van der Waals surface area contributed by atoms with Gasteiger partial charge in [0.15, 0.2) is 0 Å². The van der Waals surface area contributed by atoms with E-state index in [0.29, 0.717) is 28.3 Å². The van der Waals surface area contributed by atoms with Crippen LogP contribution < -0.4 is 10.1 Å². The van der Waals surface area contributed by atoms with E-state index in [1.54, 1.807) is 18.2 Å². The van der Waals surface area contributed by atoms with Gasteiger partial charge in [-0.15, -0.1) is 0 Å². The van der Waals surface area contributed by atoms with Crippen molar-refractivity contribution in [2.24, 2.45) is 5.92 Å². The van der Waals surface area contributed by atoms with E-state index in [9.17, 15) is 5.11 Å². The molecule has 0 aromatic heterocycles. The van der Waals surface area contributed by atoms with Gasteiger partial charge in [0.1, 0.15) is 18.5 Å². The van der Waals surface area contributed by atoms with Gasteiger partial charge in [-0.3, -0.25) is 0 Å². The molecular weight excluding hydrogens is 313 g/mol. The Morgan fingerprint density at radius 3 is 3.05 bits per heavy atom. The fourth-order valence-corrected chi connectivity index (χ4v) is 2.59. The minimum absolute atomic E-state index is 0.175. The summed E-state index contributed by atoms with van der Waals surface area (Å²) in [6.07, 6.45) is 1.70. The molecule has 0 spiro atoms. The van der Waals surface area contributed by atoms with Crippen LogP contribution in [0.4, 0.5) is 0 Å². The second kappa shape index (κ2) is 8.81. The fraction of sp³-hybridized carbons (Fsp3) is 0.600. The molecule has 0 aliphatic carbocycles. The molecule has 1 saturated heterocycles. The molecule has 21 heavy (non-hydrogen) atoms. The van der Waals surface area contributed by atoms with Crippen LogP contribution in [-0.4, -0.2) is 44.1 Å². The highest BCUT2D eigenvalue weighted by atomic mass is 35.5. The number of rotatable bonds is 7. The summed E-state index contributed by atoms with van der Waals surface area (Å²) in [5, 5.41) is 14.2. The molecule has 6 heteroatoms. The second-order valence-corrected chi connectivity index (χ2v) is 6.12. The van der Waals surface area contributed by atoms with Gasteiger partial charge in [0.05, 0.1) is 11.6 Å². The Balaban J connectivity index is 1.65. The van der Waals surface area contributed by atoms with Crippen LogP contribution in [0.15, 0.2) is 18.2 Å². The molecule has 0 bridgehead atoms. The molecular formula is C15H21Cl2NO3. The second-order valence-electron chi connectivity index (χ2n) is 5.28. The highest BCUT2D eigenvalue weighted by Crippen LogP contribution is 2.27. The van der Waals surface area contributed by atoms with E-state index < -0.39 is 6.10 Å². The molecule has 0 saturated carbocycles. The number of aliphatic hydroxyl groups is 1. The molecule has 2 unspecified atom stereocenters. The van der Waals surface area contributed by atoms with Gasteiger partial charge in [-0.1, -0.05) is 23.2 Å². The number of hydrogen-bond acceptors (Lipinski definition) is 4. The first-order valence-electron chi connectivity index (χ1n) is 7.19. The predicted molar refractivity (Wildman–Crippen MR) is 84.4 cm³/mol. The van der Waals surface area contributed by atoms with Gasteiger partial charge in [0, 0.05) is 30.8 Å². The van der Waals surface area contributed by atoms with Crippen molar-refractivity contribution in [1.82, 2.24) is 5.32 Å². The van der Waals surface area contributed by atoms with Crippen LogP contribution in [-0.2, 0) is 4.74 Å². The standard InChI is InChI=1S/C15H21Cl2NO3/c16-12-3-4-14(17)15(6-12)21-10-13(19)8-18-7-11-2-1-5-20-9-11/h3-4,6,11,13,18-19H,1-2,5,7-10H2. The number of hydrogen-bond donors (Lipinski definition) is 2. The van der Waals surface area contributed by atoms with Crippen molar-refractivity contribution in [2.45, 2.75) is 18.9 Å². The normalized spacial score (nSPS) is 20.2. The lowest BCUT2D eigenvalue weighted by Gasteiger charge is -2.23. The quantitative estimate of drug-likeness (QED) is 0.805. The summed E-state index contributed by atoms with van der Waals surface area (Å²) in [7, 11) is 0. The number of ether oxygens (including phenoxy) is 2. The Morgan fingerprint density at radius 1 is 1.43 bits per heavy atom. The third kappa shape index (κ3) is 6.01. The number of aliphatic hydroxyl groups excluding tert-OH is 1. The third-order valence-electron chi connectivity index (χ3n) is 3.39. The molecule has 1 aromatic rings. The summed E-state index contributed by atoms with van der Waals surface area (Å²) in [4.78, 5) is 0. The predicted octanol–water partition coefficient (Wildman–Crippen LogP) is 2.75. The smallest absolute Gasteiger partial charge is 0.139 e. The highest BCUT2D eigenvalue weighted by Gasteiger charge is 2.14. The van der Waals surface area contributed by atoms with Crippen LogP contribution in [0.2, 0.25) is 10.0 Å². The molecule has 0 radical (unpaired) electrons. The molecule has 1 aliphatic heterocycles. The summed E-state index contributed by atoms with van der Waals surface area (Å²) in [5.41, 5.74) is 0. The van der Waals surface area contributed by atoms with Crippen LogP contribution in [0, 0.1) is 5.92 Å². The molecule has 2 rings (SSSR count). The highest BCUT2D eigenvalue weighted by molar-refractivity contribution is 6.34. The van der Waals surface area contributed by atoms with Crippen molar-refractivity contribution < 1.29 is 14.6 Å². The van der Waals surface area contributed by atoms with E-state index in [1.807, 2.05) is 0 Å². The maximum absolute atomic E-state index is 9.91. The zero-order valence-electron chi connectivity index (χ0n) is 11.9. The molecule has 0 amide bonds. The van der Waals surface area contributed by atoms with E-state index in [2.05, 4.69) is 5.32 Å². The first-order chi connectivity index (χ1) is 10.1. The maximum Gasteiger partial charge on any atom is 0.139 e. The summed E-state index contributed by atoms with van der Waals surface area (Å²) >= 11 is 11.9. The van der Waals surface area contributed by atoms with Gasteiger partial charge in [0.2, 0.25) is 0 Å². The van der Waals surface area contributed by atoms with Crippen molar-refractivity contribution in [3.63, 3.8) is 0 Å². The minimum atomic E-state index is -0.593. The van der Waals surface area contributed by atoms with Gasteiger partial charge in [-0.05, 0) is 30.9 Å². The molecule has 1 fully saturated rings. The number of nitrogens with one attached hydrogen (secondary N) is 1. The average molecular weight is 334 g/mol. The van der Waals surface area contributed by atoms with Gasteiger partial charge in [-0.25, -0.2) is 0 Å². The maximum atomic E-state index is 9.91. The summed E-state index contributed by atoms with van der Waals surface area (Å²) in [6.45, 7) is 3.18. The van der Waals surface area contributed by atoms with Crippen molar-refractivity contribution in [2.75, 3.05) is 32.9 Å². The minimum Gasteiger partial charge on any atom is -0.489 e. The van der Waals surface area contributed by atoms with E-state index in [0.717, 1.165) is 26.2 Å². The summed E-state index contributed by atoms with van der Waals surface area (Å²) in [5.74, 6) is 1.03. The Labute approximate surface area is 135 Å². The third-order valence-corrected chi connectivity index (χ3v) is 3.94. The Morgan fingerprint density at radius 2 is 2.29 bits per heavy atom. The number of benzene rings is 1. The first kappa shape index (κ1) is 16.8. The molecule has 2 atom stereocenters. The SMILES string of the molecule is OC(CNCC1CCCOC1)COc1cc(Cl)ccc1Cl. The van der Waals surface area contributed by atoms with Gasteiger partial charge in [0.25, 0.3) is 0 Å². The van der Waals surface area contributed by atoms with Crippen molar-refractivity contribution in [3.05, 3.63) is 28.2 Å². The van der Waals surface area contributed by atoms with Crippen LogP contribution in [0.1, 0.15) is 12.8 Å². The lowest BCUT2D eigenvalue weighted by atomic mass is 10.0. The topological polar surface area (TPSA) is 50.7 Å². The van der Waals surface area contributed by atoms with Gasteiger partial charge < -0.3 is 19.9 Å². The van der Waals surface area contributed by atoms with E-state index in [-0.39, 0.29) is 6.61 Å². The molecule has 1 aliphatic rings. The lowest BCUT2D eigenvalue weighted by molar-refractivity contribution is 0.0516. The first-order valence-corrected chi connectivity index (χ1v) is 7.95. The van der Waals surface area contributed by atoms with Crippen LogP contribution >= 0.6 is 23.2 Å². The average Bonchev–Trinajstić information content (AvgIpc) is 2.49. The monoisotopic (exact) mass is 333 g/mol. The zero-order chi connectivity index (χ0) is 15.1. The van der Waals surface area contributed by atoms with Crippen molar-refractivity contribution in [3.8, 4) is 5.75 Å². The largest absolute Gasteiger partial charge is 0.489 e. The Hall–Kier alpha value is -0.520. The lowest BCUT2D eigenvalue weighted by Crippen LogP contribution is -2.36. The Kier molecular flexibility index (Phi) is 7.07. The summed E-state index contributed by atoms with van der Waals surface area (Å²) < 4.78 is 10.9. The number of halogens is 2. The molecule has 1 aromatic carbocycles. The zero-order valence-corrected chi connectivity index (χ0v) is 13.4. The van der Waals surface area contributed by atoms with Gasteiger partial charge in [-0.2, -0.15) is 0 Å². The van der Waals surface area contributed by atoms with E-state index in [4.69, 9.17) is 32.7 Å². The molecule has 118 valence electrons. The van der Waals surface area contributed by atoms with E-state index >= 15 is 0 Å². The van der Waals surface area contributed by atoms with Crippen molar-refractivity contribution >= 4 is 23.2 Å². The van der Waals surface area contributed by atoms with Crippen LogP contribution in [0.3, 0.4) is 0 Å². The van der Waals surface area contributed by atoms with E-state index in [1.165, 1.54) is 6.42 Å². The van der Waals surface area contributed by atoms with Crippen molar-refractivity contribution in [1.29, 1.82) is 0 Å². The summed E-state index contributed by atoms with van der Waals surface area (Å²) in [6, 6.07) is 5.01. The molecule has 4 nitrogen and oxygen atoms in total.